The van der Waals surface area contributed by atoms with Crippen LogP contribution in [0.1, 0.15) is 33.6 Å². The summed E-state index contributed by atoms with van der Waals surface area (Å²) in [4.78, 5) is 1.92. The van der Waals surface area contributed by atoms with Gasteiger partial charge in [-0.15, -0.1) is 0 Å². The van der Waals surface area contributed by atoms with Gasteiger partial charge >= 0.3 is 6.18 Å². The van der Waals surface area contributed by atoms with Gasteiger partial charge in [-0.25, -0.2) is 0 Å². The third kappa shape index (κ3) is 3.85. The molecule has 0 aromatic carbocycles. The average Bonchev–Trinajstić information content (AvgIpc) is 2.15. The van der Waals surface area contributed by atoms with Gasteiger partial charge in [-0.2, -0.15) is 13.2 Å². The number of piperidine rings is 1. The molecule has 2 N–H and O–H groups in total. The van der Waals surface area contributed by atoms with Crippen LogP contribution in [-0.4, -0.2) is 36.8 Å². The fraction of sp³-hybridized carbons (Fsp3) is 1.00. The molecule has 0 amide bonds. The lowest BCUT2D eigenvalue weighted by molar-refractivity contribution is -0.190. The van der Waals surface area contributed by atoms with Gasteiger partial charge in [0.1, 0.15) is 0 Å². The lowest BCUT2D eigenvalue weighted by atomic mass is 9.83. The van der Waals surface area contributed by atoms with Crippen LogP contribution in [0.15, 0.2) is 0 Å². The first-order valence-electron chi connectivity index (χ1n) is 6.17. The largest absolute Gasteiger partial charge is 0.393 e. The normalized spacial score (nSPS) is 25.9. The maximum Gasteiger partial charge on any atom is 0.393 e. The van der Waals surface area contributed by atoms with E-state index in [1.54, 1.807) is 0 Å². The molecule has 5 heteroatoms. The van der Waals surface area contributed by atoms with E-state index in [1.807, 2.05) is 25.7 Å². The van der Waals surface area contributed by atoms with E-state index in [-0.39, 0.29) is 24.4 Å². The third-order valence-electron chi connectivity index (χ3n) is 3.58. The number of hydrogen-bond acceptors (Lipinski definition) is 2. The summed E-state index contributed by atoms with van der Waals surface area (Å²) in [6.07, 6.45) is -3.21. The Bertz CT molecular complexity index is 245. The molecule has 0 radical (unpaired) electrons. The SMILES string of the molecule is CC(C)(C)C(CN)N1CCCC(C(F)(F)F)C1. The van der Waals surface area contributed by atoms with Gasteiger partial charge in [0.2, 0.25) is 0 Å². The van der Waals surface area contributed by atoms with Crippen molar-refractivity contribution in [2.45, 2.75) is 45.8 Å². The van der Waals surface area contributed by atoms with Crippen molar-refractivity contribution in [1.82, 2.24) is 4.90 Å². The summed E-state index contributed by atoms with van der Waals surface area (Å²) in [6.45, 7) is 7.33. The van der Waals surface area contributed by atoms with E-state index in [1.165, 1.54) is 0 Å². The Hall–Kier alpha value is -0.290. The molecular formula is C12H23F3N2. The van der Waals surface area contributed by atoms with E-state index in [0.717, 1.165) is 6.54 Å². The van der Waals surface area contributed by atoms with Crippen molar-refractivity contribution in [1.29, 1.82) is 0 Å². The van der Waals surface area contributed by atoms with Crippen LogP contribution < -0.4 is 5.73 Å². The molecule has 2 atom stereocenters. The minimum absolute atomic E-state index is 0.0210. The summed E-state index contributed by atoms with van der Waals surface area (Å²) in [6, 6.07) is 0.0210. The van der Waals surface area contributed by atoms with E-state index >= 15 is 0 Å². The first-order valence-corrected chi connectivity index (χ1v) is 6.17. The van der Waals surface area contributed by atoms with E-state index in [2.05, 4.69) is 0 Å². The zero-order valence-corrected chi connectivity index (χ0v) is 10.8. The van der Waals surface area contributed by atoms with E-state index in [0.29, 0.717) is 13.0 Å². The molecule has 2 unspecified atom stereocenters. The van der Waals surface area contributed by atoms with E-state index < -0.39 is 12.1 Å². The minimum atomic E-state index is -4.07. The van der Waals surface area contributed by atoms with Crippen LogP contribution in [0, 0.1) is 11.3 Å². The molecule has 1 rings (SSSR count). The average molecular weight is 252 g/mol. The highest BCUT2D eigenvalue weighted by Crippen LogP contribution is 2.35. The molecule has 1 aliphatic rings. The first-order chi connectivity index (χ1) is 7.66. The number of rotatable bonds is 2. The van der Waals surface area contributed by atoms with Crippen LogP contribution in [-0.2, 0) is 0 Å². The second kappa shape index (κ2) is 5.14. The monoisotopic (exact) mass is 252 g/mol. The fourth-order valence-electron chi connectivity index (χ4n) is 2.61. The zero-order chi connectivity index (χ0) is 13.3. The predicted octanol–water partition coefficient (Wildman–Crippen LogP) is 2.63. The Balaban J connectivity index is 2.72. The molecule has 0 aromatic rings. The lowest BCUT2D eigenvalue weighted by Gasteiger charge is -2.44. The molecule has 102 valence electrons. The smallest absolute Gasteiger partial charge is 0.329 e. The maximum absolute atomic E-state index is 12.7. The second-order valence-electron chi connectivity index (χ2n) is 5.99. The Morgan fingerprint density at radius 2 is 1.88 bits per heavy atom. The fourth-order valence-corrected chi connectivity index (χ4v) is 2.61. The molecule has 0 aliphatic carbocycles. The van der Waals surface area contributed by atoms with Gasteiger partial charge in [0.15, 0.2) is 0 Å². The molecule has 1 aliphatic heterocycles. The molecule has 0 saturated carbocycles. The molecule has 1 fully saturated rings. The molecule has 2 nitrogen and oxygen atoms in total. The highest BCUT2D eigenvalue weighted by atomic mass is 19.4. The Labute approximate surface area is 101 Å². The number of nitrogens with two attached hydrogens (primary N) is 1. The number of hydrogen-bond donors (Lipinski definition) is 1. The summed E-state index contributed by atoms with van der Waals surface area (Å²) in [7, 11) is 0. The second-order valence-corrected chi connectivity index (χ2v) is 5.99. The molecule has 17 heavy (non-hydrogen) atoms. The summed E-state index contributed by atoms with van der Waals surface area (Å²) in [5.74, 6) is -1.19. The molecule has 1 saturated heterocycles. The van der Waals surface area contributed by atoms with Crippen LogP contribution in [0.25, 0.3) is 0 Å². The first kappa shape index (κ1) is 14.8. The van der Waals surface area contributed by atoms with Gasteiger partial charge in [-0.1, -0.05) is 20.8 Å². The molecule has 0 spiro atoms. The van der Waals surface area contributed by atoms with Gasteiger partial charge < -0.3 is 5.73 Å². The summed E-state index contributed by atoms with van der Waals surface area (Å²) in [5.41, 5.74) is 5.64. The van der Waals surface area contributed by atoms with Gasteiger partial charge in [0, 0.05) is 19.1 Å². The summed E-state index contributed by atoms with van der Waals surface area (Å²) < 4.78 is 38.2. The lowest BCUT2D eigenvalue weighted by Crippen LogP contribution is -2.54. The van der Waals surface area contributed by atoms with Crippen molar-refractivity contribution in [2.75, 3.05) is 19.6 Å². The topological polar surface area (TPSA) is 29.3 Å². The molecule has 0 bridgehead atoms. The quantitative estimate of drug-likeness (QED) is 0.818. The Kier molecular flexibility index (Phi) is 4.47. The Morgan fingerprint density at radius 1 is 1.29 bits per heavy atom. The van der Waals surface area contributed by atoms with Crippen LogP contribution >= 0.6 is 0 Å². The number of likely N-dealkylation sites (tertiary alicyclic amines) is 1. The van der Waals surface area contributed by atoms with Crippen molar-refractivity contribution < 1.29 is 13.2 Å². The van der Waals surface area contributed by atoms with Crippen molar-refractivity contribution in [3.05, 3.63) is 0 Å². The minimum Gasteiger partial charge on any atom is -0.329 e. The van der Waals surface area contributed by atoms with Crippen molar-refractivity contribution in [3.8, 4) is 0 Å². The summed E-state index contributed by atoms with van der Waals surface area (Å²) >= 11 is 0. The van der Waals surface area contributed by atoms with Crippen LogP contribution in [0.4, 0.5) is 13.2 Å². The predicted molar refractivity (Wildman–Crippen MR) is 62.6 cm³/mol. The van der Waals surface area contributed by atoms with Crippen LogP contribution in [0.5, 0.6) is 0 Å². The Morgan fingerprint density at radius 3 is 2.29 bits per heavy atom. The highest BCUT2D eigenvalue weighted by molar-refractivity contribution is 4.88. The van der Waals surface area contributed by atoms with Crippen molar-refractivity contribution >= 4 is 0 Å². The maximum atomic E-state index is 12.7. The molecule has 0 aromatic heterocycles. The molecule has 1 heterocycles. The number of alkyl halides is 3. The number of halogens is 3. The van der Waals surface area contributed by atoms with Crippen molar-refractivity contribution in [2.24, 2.45) is 17.1 Å². The molecular weight excluding hydrogens is 229 g/mol. The van der Waals surface area contributed by atoms with Gasteiger partial charge in [0.25, 0.3) is 0 Å². The van der Waals surface area contributed by atoms with Crippen LogP contribution in [0.3, 0.4) is 0 Å². The van der Waals surface area contributed by atoms with Gasteiger partial charge in [0.05, 0.1) is 5.92 Å². The standard InChI is InChI=1S/C12H23F3N2/c1-11(2,3)10(7-16)17-6-4-5-9(8-17)12(13,14)15/h9-10H,4-8,16H2,1-3H3. The van der Waals surface area contributed by atoms with Gasteiger partial charge in [-0.05, 0) is 24.8 Å². The number of nitrogens with zero attached hydrogens (tertiary/aromatic N) is 1. The zero-order valence-electron chi connectivity index (χ0n) is 10.8. The third-order valence-corrected chi connectivity index (χ3v) is 3.58. The van der Waals surface area contributed by atoms with Crippen LogP contribution in [0.2, 0.25) is 0 Å². The highest BCUT2D eigenvalue weighted by Gasteiger charge is 2.43. The van der Waals surface area contributed by atoms with E-state index in [9.17, 15) is 13.2 Å². The summed E-state index contributed by atoms with van der Waals surface area (Å²) in [5, 5.41) is 0. The van der Waals surface area contributed by atoms with E-state index in [4.69, 9.17) is 5.73 Å². The van der Waals surface area contributed by atoms with Gasteiger partial charge in [-0.3, -0.25) is 4.90 Å². The van der Waals surface area contributed by atoms with Crippen molar-refractivity contribution in [3.63, 3.8) is 0 Å².